The molecule has 1 rings (SSSR count). The van der Waals surface area contributed by atoms with E-state index in [9.17, 15) is 0 Å². The van der Waals surface area contributed by atoms with E-state index < -0.39 is 0 Å². The van der Waals surface area contributed by atoms with Crippen LogP contribution >= 0.6 is 0 Å². The van der Waals surface area contributed by atoms with Gasteiger partial charge in [0, 0.05) is 26.3 Å². The van der Waals surface area contributed by atoms with Crippen LogP contribution in [0.2, 0.25) is 0 Å². The first-order chi connectivity index (χ1) is 6.93. The highest BCUT2D eigenvalue weighted by molar-refractivity contribution is 4.64. The van der Waals surface area contributed by atoms with E-state index in [0.29, 0.717) is 0 Å². The number of hydrogen-bond donors (Lipinski definition) is 2. The number of rotatable bonds is 7. The van der Waals surface area contributed by atoms with Gasteiger partial charge in [-0.1, -0.05) is 6.92 Å². The van der Waals surface area contributed by atoms with Gasteiger partial charge in [0.1, 0.15) is 0 Å². The van der Waals surface area contributed by atoms with E-state index in [1.54, 1.807) is 0 Å². The molecule has 0 aliphatic carbocycles. The van der Waals surface area contributed by atoms with Crippen LogP contribution in [0.25, 0.3) is 0 Å². The molecule has 0 saturated carbocycles. The Morgan fingerprint density at radius 2 is 1.79 bits per heavy atom. The van der Waals surface area contributed by atoms with E-state index in [4.69, 9.17) is 4.74 Å². The van der Waals surface area contributed by atoms with Crippen molar-refractivity contribution in [3.63, 3.8) is 0 Å². The standard InChI is InChI=1S/C11H24N2O/c1-2-12-7-8-13-6-3-11-4-9-14-10-5-11/h11-13H,2-10H2,1H3. The number of hydrogen-bond acceptors (Lipinski definition) is 3. The summed E-state index contributed by atoms with van der Waals surface area (Å²) in [5, 5.41) is 6.77. The van der Waals surface area contributed by atoms with E-state index in [0.717, 1.165) is 45.3 Å². The molecule has 0 aromatic heterocycles. The molecule has 0 aromatic rings. The first kappa shape index (κ1) is 12.0. The molecule has 0 radical (unpaired) electrons. The summed E-state index contributed by atoms with van der Waals surface area (Å²) < 4.78 is 5.33. The van der Waals surface area contributed by atoms with E-state index >= 15 is 0 Å². The molecule has 1 saturated heterocycles. The smallest absolute Gasteiger partial charge is 0.0468 e. The average Bonchev–Trinajstić information content (AvgIpc) is 2.25. The van der Waals surface area contributed by atoms with Crippen LogP contribution in [0.5, 0.6) is 0 Å². The molecule has 1 aliphatic heterocycles. The Morgan fingerprint density at radius 1 is 1.07 bits per heavy atom. The largest absolute Gasteiger partial charge is 0.381 e. The molecule has 3 heteroatoms. The quantitative estimate of drug-likeness (QED) is 0.602. The summed E-state index contributed by atoms with van der Waals surface area (Å²) >= 11 is 0. The predicted molar refractivity (Wildman–Crippen MR) is 59.6 cm³/mol. The lowest BCUT2D eigenvalue weighted by molar-refractivity contribution is 0.0640. The van der Waals surface area contributed by atoms with E-state index in [1.807, 2.05) is 0 Å². The average molecular weight is 200 g/mol. The third-order valence-corrected chi connectivity index (χ3v) is 2.80. The van der Waals surface area contributed by atoms with Crippen molar-refractivity contribution in [3.05, 3.63) is 0 Å². The summed E-state index contributed by atoms with van der Waals surface area (Å²) in [5.74, 6) is 0.899. The van der Waals surface area contributed by atoms with Gasteiger partial charge in [-0.15, -0.1) is 0 Å². The highest BCUT2D eigenvalue weighted by atomic mass is 16.5. The molecule has 0 unspecified atom stereocenters. The summed E-state index contributed by atoms with van der Waals surface area (Å²) in [6.07, 6.45) is 3.83. The van der Waals surface area contributed by atoms with Gasteiger partial charge < -0.3 is 15.4 Å². The fraction of sp³-hybridized carbons (Fsp3) is 1.00. The molecule has 84 valence electrons. The second-order valence-electron chi connectivity index (χ2n) is 3.95. The van der Waals surface area contributed by atoms with Crippen LogP contribution < -0.4 is 10.6 Å². The summed E-state index contributed by atoms with van der Waals surface area (Å²) in [5.41, 5.74) is 0. The maximum absolute atomic E-state index is 5.33. The zero-order valence-electron chi connectivity index (χ0n) is 9.35. The Balaban J connectivity index is 1.82. The van der Waals surface area contributed by atoms with Crippen LogP contribution in [0, 0.1) is 5.92 Å². The normalized spacial score (nSPS) is 18.6. The van der Waals surface area contributed by atoms with Gasteiger partial charge in [-0.25, -0.2) is 0 Å². The highest BCUT2D eigenvalue weighted by Crippen LogP contribution is 2.17. The fourth-order valence-corrected chi connectivity index (χ4v) is 1.82. The molecule has 0 aromatic carbocycles. The van der Waals surface area contributed by atoms with Gasteiger partial charge in [0.05, 0.1) is 0 Å². The Bertz CT molecular complexity index is 124. The minimum absolute atomic E-state index is 0.899. The topological polar surface area (TPSA) is 33.3 Å². The monoisotopic (exact) mass is 200 g/mol. The molecule has 0 spiro atoms. The Hall–Kier alpha value is -0.120. The Labute approximate surface area is 87.6 Å². The van der Waals surface area contributed by atoms with Crippen molar-refractivity contribution >= 4 is 0 Å². The number of nitrogens with one attached hydrogen (secondary N) is 2. The van der Waals surface area contributed by atoms with Gasteiger partial charge in [0.2, 0.25) is 0 Å². The van der Waals surface area contributed by atoms with Crippen LogP contribution in [0.4, 0.5) is 0 Å². The predicted octanol–water partition coefficient (Wildman–Crippen LogP) is 1.00. The second kappa shape index (κ2) is 8.21. The lowest BCUT2D eigenvalue weighted by Crippen LogP contribution is -2.29. The summed E-state index contributed by atoms with van der Waals surface area (Å²) in [6.45, 7) is 8.51. The summed E-state index contributed by atoms with van der Waals surface area (Å²) in [7, 11) is 0. The minimum Gasteiger partial charge on any atom is -0.381 e. The van der Waals surface area contributed by atoms with Crippen molar-refractivity contribution in [2.45, 2.75) is 26.2 Å². The number of ether oxygens (including phenoxy) is 1. The van der Waals surface area contributed by atoms with Crippen LogP contribution in [0.3, 0.4) is 0 Å². The van der Waals surface area contributed by atoms with E-state index in [1.165, 1.54) is 19.3 Å². The lowest BCUT2D eigenvalue weighted by Gasteiger charge is -2.21. The highest BCUT2D eigenvalue weighted by Gasteiger charge is 2.12. The fourth-order valence-electron chi connectivity index (χ4n) is 1.82. The van der Waals surface area contributed by atoms with Crippen molar-refractivity contribution in [1.29, 1.82) is 0 Å². The third-order valence-electron chi connectivity index (χ3n) is 2.80. The van der Waals surface area contributed by atoms with Gasteiger partial charge in [0.25, 0.3) is 0 Å². The zero-order valence-corrected chi connectivity index (χ0v) is 9.35. The van der Waals surface area contributed by atoms with E-state index in [2.05, 4.69) is 17.6 Å². The molecular weight excluding hydrogens is 176 g/mol. The molecule has 14 heavy (non-hydrogen) atoms. The molecule has 3 nitrogen and oxygen atoms in total. The van der Waals surface area contributed by atoms with Crippen LogP contribution in [0.15, 0.2) is 0 Å². The maximum Gasteiger partial charge on any atom is 0.0468 e. The molecule has 1 fully saturated rings. The van der Waals surface area contributed by atoms with Crippen molar-refractivity contribution < 1.29 is 4.74 Å². The lowest BCUT2D eigenvalue weighted by atomic mass is 9.97. The summed E-state index contributed by atoms with van der Waals surface area (Å²) in [6, 6.07) is 0. The van der Waals surface area contributed by atoms with Crippen molar-refractivity contribution in [3.8, 4) is 0 Å². The first-order valence-electron chi connectivity index (χ1n) is 5.92. The van der Waals surface area contributed by atoms with Crippen molar-refractivity contribution in [2.75, 3.05) is 39.4 Å². The maximum atomic E-state index is 5.33. The molecule has 2 N–H and O–H groups in total. The van der Waals surface area contributed by atoms with Crippen molar-refractivity contribution in [1.82, 2.24) is 10.6 Å². The molecule has 0 amide bonds. The van der Waals surface area contributed by atoms with Crippen LogP contribution in [-0.2, 0) is 4.74 Å². The molecule has 1 heterocycles. The van der Waals surface area contributed by atoms with Crippen LogP contribution in [-0.4, -0.2) is 39.4 Å². The summed E-state index contributed by atoms with van der Waals surface area (Å²) in [4.78, 5) is 0. The zero-order chi connectivity index (χ0) is 10.1. The Morgan fingerprint density at radius 3 is 2.50 bits per heavy atom. The molecular formula is C11H24N2O. The third kappa shape index (κ3) is 5.58. The van der Waals surface area contributed by atoms with Gasteiger partial charge in [-0.2, -0.15) is 0 Å². The van der Waals surface area contributed by atoms with Gasteiger partial charge in [0.15, 0.2) is 0 Å². The molecule has 0 atom stereocenters. The molecule has 1 aliphatic rings. The van der Waals surface area contributed by atoms with Gasteiger partial charge in [-0.05, 0) is 38.3 Å². The second-order valence-corrected chi connectivity index (χ2v) is 3.95. The van der Waals surface area contributed by atoms with Gasteiger partial charge in [-0.3, -0.25) is 0 Å². The minimum atomic E-state index is 0.899. The Kier molecular flexibility index (Phi) is 7.01. The van der Waals surface area contributed by atoms with E-state index in [-0.39, 0.29) is 0 Å². The first-order valence-corrected chi connectivity index (χ1v) is 5.92. The van der Waals surface area contributed by atoms with Crippen LogP contribution in [0.1, 0.15) is 26.2 Å². The SMILES string of the molecule is CCNCCNCCC1CCOCC1. The molecule has 0 bridgehead atoms. The number of likely N-dealkylation sites (N-methyl/N-ethyl adjacent to an activating group) is 1. The van der Waals surface area contributed by atoms with Crippen molar-refractivity contribution in [2.24, 2.45) is 5.92 Å². The van der Waals surface area contributed by atoms with Gasteiger partial charge >= 0.3 is 0 Å².